The molecule has 1 heterocycles. The predicted molar refractivity (Wildman–Crippen MR) is 67.7 cm³/mol. The topological polar surface area (TPSA) is 67.3 Å². The number of rotatable bonds is 4. The molecule has 0 bridgehead atoms. The molecule has 1 aromatic rings. The van der Waals surface area contributed by atoms with Crippen molar-refractivity contribution in [2.24, 2.45) is 0 Å². The molecule has 0 aliphatic heterocycles. The maximum atomic E-state index is 11.8. The van der Waals surface area contributed by atoms with E-state index in [9.17, 15) is 14.4 Å². The van der Waals surface area contributed by atoms with Crippen molar-refractivity contribution < 1.29 is 14.4 Å². The number of amides is 2. The summed E-state index contributed by atoms with van der Waals surface area (Å²) in [5.74, 6) is -0.764. The molecule has 0 spiro atoms. The second kappa shape index (κ2) is 6.26. The molecule has 18 heavy (non-hydrogen) atoms. The third-order valence-electron chi connectivity index (χ3n) is 2.38. The molecule has 1 rings (SSSR count). The minimum absolute atomic E-state index is 0.0275. The Bertz CT molecular complexity index is 472. The predicted octanol–water partition coefficient (Wildman–Crippen LogP) is 2.23. The first kappa shape index (κ1) is 14.3. The summed E-state index contributed by atoms with van der Waals surface area (Å²) < 4.78 is 0. The minimum Gasteiger partial charge on any atom is -0.298 e. The molecule has 0 unspecified atom stereocenters. The Morgan fingerprint density at radius 1 is 1.33 bits per heavy atom. The van der Waals surface area contributed by atoms with Crippen molar-refractivity contribution in [1.29, 1.82) is 0 Å². The highest BCUT2D eigenvalue weighted by Gasteiger charge is 2.24. The van der Waals surface area contributed by atoms with Gasteiger partial charge in [0.25, 0.3) is 0 Å². The standard InChI is InChI=1S/C12H13ClN2O3/c1-3-10(17)15(11(18)4-2)9-5-6-14-12(13)8(9)7-16/h5-7H,3-4H2,1-2H3. The Morgan fingerprint density at radius 3 is 2.33 bits per heavy atom. The highest BCUT2D eigenvalue weighted by atomic mass is 35.5. The number of carbonyl (C=O) groups is 3. The Balaban J connectivity index is 3.38. The van der Waals surface area contributed by atoms with E-state index in [0.29, 0.717) is 6.29 Å². The summed E-state index contributed by atoms with van der Waals surface area (Å²) in [6, 6.07) is 1.43. The van der Waals surface area contributed by atoms with Gasteiger partial charge in [0.15, 0.2) is 6.29 Å². The second-order valence-electron chi connectivity index (χ2n) is 3.48. The summed E-state index contributed by atoms with van der Waals surface area (Å²) in [7, 11) is 0. The zero-order chi connectivity index (χ0) is 13.7. The van der Waals surface area contributed by atoms with Crippen LogP contribution in [0.4, 0.5) is 5.69 Å². The van der Waals surface area contributed by atoms with Crippen LogP contribution in [0.5, 0.6) is 0 Å². The molecule has 0 fully saturated rings. The number of imide groups is 1. The molecule has 0 atom stereocenters. The number of pyridine rings is 1. The van der Waals surface area contributed by atoms with Gasteiger partial charge in [-0.05, 0) is 6.07 Å². The molecule has 0 aliphatic rings. The van der Waals surface area contributed by atoms with E-state index in [1.54, 1.807) is 13.8 Å². The summed E-state index contributed by atoms with van der Waals surface area (Å²) in [6.45, 7) is 3.28. The van der Waals surface area contributed by atoms with Gasteiger partial charge in [0.1, 0.15) is 5.15 Å². The second-order valence-corrected chi connectivity index (χ2v) is 3.84. The molecule has 1 aromatic heterocycles. The lowest BCUT2D eigenvalue weighted by Crippen LogP contribution is -2.36. The normalized spacial score (nSPS) is 9.94. The molecule has 0 radical (unpaired) electrons. The van der Waals surface area contributed by atoms with E-state index in [0.717, 1.165) is 4.90 Å². The van der Waals surface area contributed by atoms with Gasteiger partial charge in [-0.3, -0.25) is 14.4 Å². The van der Waals surface area contributed by atoms with Crippen molar-refractivity contribution in [1.82, 2.24) is 4.98 Å². The van der Waals surface area contributed by atoms with Crippen LogP contribution in [0.2, 0.25) is 5.15 Å². The average Bonchev–Trinajstić information content (AvgIpc) is 2.38. The maximum absolute atomic E-state index is 11.8. The van der Waals surface area contributed by atoms with E-state index in [-0.39, 0.29) is 41.1 Å². The fourth-order valence-electron chi connectivity index (χ4n) is 1.47. The van der Waals surface area contributed by atoms with Crippen molar-refractivity contribution in [3.8, 4) is 0 Å². The van der Waals surface area contributed by atoms with Gasteiger partial charge in [-0.2, -0.15) is 0 Å². The first-order valence-corrected chi connectivity index (χ1v) is 5.90. The third kappa shape index (κ3) is 2.73. The lowest BCUT2D eigenvalue weighted by molar-refractivity contribution is -0.126. The largest absolute Gasteiger partial charge is 0.298 e. The molecule has 0 aliphatic carbocycles. The third-order valence-corrected chi connectivity index (χ3v) is 2.68. The van der Waals surface area contributed by atoms with Gasteiger partial charge in [-0.25, -0.2) is 9.88 Å². The molecular formula is C12H13ClN2O3. The molecule has 0 saturated heterocycles. The zero-order valence-electron chi connectivity index (χ0n) is 10.1. The van der Waals surface area contributed by atoms with Gasteiger partial charge >= 0.3 is 0 Å². The highest BCUT2D eigenvalue weighted by molar-refractivity contribution is 6.33. The van der Waals surface area contributed by atoms with Crippen LogP contribution >= 0.6 is 11.6 Å². The maximum Gasteiger partial charge on any atom is 0.233 e. The summed E-state index contributed by atoms with van der Waals surface area (Å²) in [6.07, 6.45) is 2.15. The van der Waals surface area contributed by atoms with Gasteiger partial charge in [0.05, 0.1) is 11.3 Å². The molecule has 5 nitrogen and oxygen atoms in total. The number of hydrogen-bond donors (Lipinski definition) is 0. The molecule has 0 saturated carbocycles. The van der Waals surface area contributed by atoms with E-state index < -0.39 is 0 Å². The van der Waals surface area contributed by atoms with Gasteiger partial charge in [-0.15, -0.1) is 0 Å². The van der Waals surface area contributed by atoms with Crippen molar-refractivity contribution in [3.05, 3.63) is 23.0 Å². The molecule has 2 amide bonds. The van der Waals surface area contributed by atoms with Gasteiger partial charge in [-0.1, -0.05) is 25.4 Å². The Labute approximate surface area is 110 Å². The van der Waals surface area contributed by atoms with Crippen LogP contribution in [0.15, 0.2) is 12.3 Å². The van der Waals surface area contributed by atoms with E-state index in [1.165, 1.54) is 12.3 Å². The van der Waals surface area contributed by atoms with Gasteiger partial charge in [0.2, 0.25) is 11.8 Å². The summed E-state index contributed by atoms with van der Waals surface area (Å²) in [5.41, 5.74) is 0.228. The lowest BCUT2D eigenvalue weighted by Gasteiger charge is -2.21. The number of nitrogens with zero attached hydrogens (tertiary/aromatic N) is 2. The van der Waals surface area contributed by atoms with Crippen molar-refractivity contribution in [2.75, 3.05) is 4.90 Å². The number of aromatic nitrogens is 1. The average molecular weight is 269 g/mol. The minimum atomic E-state index is -0.382. The first-order valence-electron chi connectivity index (χ1n) is 5.52. The molecule has 96 valence electrons. The SMILES string of the molecule is CCC(=O)N(C(=O)CC)c1ccnc(Cl)c1C=O. The number of carbonyl (C=O) groups excluding carboxylic acids is 3. The fraction of sp³-hybridized carbons (Fsp3) is 0.333. The molecular weight excluding hydrogens is 256 g/mol. The van der Waals surface area contributed by atoms with Crippen LogP contribution in [-0.4, -0.2) is 23.1 Å². The summed E-state index contributed by atoms with van der Waals surface area (Å²) in [4.78, 5) is 39.4. The number of halogens is 1. The molecule has 6 heteroatoms. The van der Waals surface area contributed by atoms with Crippen molar-refractivity contribution >= 4 is 35.4 Å². The number of aldehydes is 1. The Morgan fingerprint density at radius 2 is 1.89 bits per heavy atom. The quantitative estimate of drug-likeness (QED) is 0.620. The Kier molecular flexibility index (Phi) is 4.97. The van der Waals surface area contributed by atoms with Crippen LogP contribution < -0.4 is 4.90 Å². The zero-order valence-corrected chi connectivity index (χ0v) is 10.9. The number of hydrogen-bond acceptors (Lipinski definition) is 4. The van der Waals surface area contributed by atoms with Crippen molar-refractivity contribution in [3.63, 3.8) is 0 Å². The summed E-state index contributed by atoms with van der Waals surface area (Å²) in [5, 5.41) is -0.0275. The van der Waals surface area contributed by atoms with E-state index >= 15 is 0 Å². The Hall–Kier alpha value is -1.75. The fourth-order valence-corrected chi connectivity index (χ4v) is 1.66. The smallest absolute Gasteiger partial charge is 0.233 e. The monoisotopic (exact) mass is 268 g/mol. The van der Waals surface area contributed by atoms with Crippen LogP contribution in [0.1, 0.15) is 37.0 Å². The van der Waals surface area contributed by atoms with Crippen LogP contribution in [0, 0.1) is 0 Å². The van der Waals surface area contributed by atoms with Crippen molar-refractivity contribution in [2.45, 2.75) is 26.7 Å². The molecule has 0 N–H and O–H groups in total. The van der Waals surface area contributed by atoms with Crippen LogP contribution in [-0.2, 0) is 9.59 Å². The van der Waals surface area contributed by atoms with E-state index in [4.69, 9.17) is 11.6 Å². The van der Waals surface area contributed by atoms with Crippen LogP contribution in [0.25, 0.3) is 0 Å². The van der Waals surface area contributed by atoms with E-state index in [2.05, 4.69) is 4.98 Å². The summed E-state index contributed by atoms with van der Waals surface area (Å²) >= 11 is 5.78. The molecule has 0 aromatic carbocycles. The van der Waals surface area contributed by atoms with Gasteiger partial charge < -0.3 is 0 Å². The lowest BCUT2D eigenvalue weighted by atomic mass is 10.2. The van der Waals surface area contributed by atoms with Gasteiger partial charge in [0, 0.05) is 19.0 Å². The van der Waals surface area contributed by atoms with Crippen LogP contribution in [0.3, 0.4) is 0 Å². The highest BCUT2D eigenvalue weighted by Crippen LogP contribution is 2.25. The van der Waals surface area contributed by atoms with E-state index in [1.807, 2.05) is 0 Å². The first-order chi connectivity index (χ1) is 8.56. The number of anilines is 1.